The molecule has 0 aromatic heterocycles. The summed E-state index contributed by atoms with van der Waals surface area (Å²) >= 11 is 0. The molecule has 6 nitrogen and oxygen atoms in total. The lowest BCUT2D eigenvalue weighted by atomic mass is 10.0. The van der Waals surface area contributed by atoms with E-state index < -0.39 is 6.10 Å². The minimum absolute atomic E-state index is 0.0664. The third-order valence-corrected chi connectivity index (χ3v) is 8.36. The maximum Gasteiger partial charge on any atom is 0.306 e. The highest BCUT2D eigenvalue weighted by Crippen LogP contribution is 2.15. The smallest absolute Gasteiger partial charge is 0.306 e. The van der Waals surface area contributed by atoms with E-state index in [0.29, 0.717) is 19.3 Å². The van der Waals surface area contributed by atoms with E-state index in [-0.39, 0.29) is 31.1 Å². The number of carbonyl (C=O) groups is 3. The Morgan fingerprint density at radius 2 is 0.614 bits per heavy atom. The Hall–Kier alpha value is -1.59. The largest absolute Gasteiger partial charge is 0.462 e. The molecule has 0 saturated heterocycles. The summed E-state index contributed by atoms with van der Waals surface area (Å²) in [5, 5.41) is 0. The highest BCUT2D eigenvalue weighted by atomic mass is 16.6. The van der Waals surface area contributed by atoms with Crippen LogP contribution < -0.4 is 0 Å². The molecule has 6 heteroatoms. The predicted octanol–water partition coefficient (Wildman–Crippen LogP) is 11.4. The van der Waals surface area contributed by atoms with Crippen molar-refractivity contribution in [3.63, 3.8) is 0 Å². The normalized spacial score (nSPS) is 11.8. The molecule has 0 heterocycles. The second-order valence-electron chi connectivity index (χ2n) is 12.9. The fraction of sp³-hybridized carbons (Fsp3) is 0.921. The first-order chi connectivity index (χ1) is 21.5. The number of unbranched alkanes of at least 4 members (excludes halogenated alkanes) is 23. The van der Waals surface area contributed by atoms with Crippen molar-refractivity contribution in [1.29, 1.82) is 0 Å². The van der Waals surface area contributed by atoms with E-state index in [1.807, 2.05) is 0 Å². The first kappa shape index (κ1) is 42.4. The number of esters is 3. The van der Waals surface area contributed by atoms with Crippen molar-refractivity contribution >= 4 is 17.9 Å². The van der Waals surface area contributed by atoms with Crippen LogP contribution in [-0.4, -0.2) is 37.2 Å². The maximum absolute atomic E-state index is 12.4. The van der Waals surface area contributed by atoms with Gasteiger partial charge in [0.2, 0.25) is 0 Å². The third-order valence-electron chi connectivity index (χ3n) is 8.36. The monoisotopic (exact) mass is 625 g/mol. The molecular weight excluding hydrogens is 552 g/mol. The first-order valence-corrected chi connectivity index (χ1v) is 19.0. The molecule has 0 aliphatic heterocycles. The summed E-state index contributed by atoms with van der Waals surface area (Å²) in [6.45, 7) is 6.46. The van der Waals surface area contributed by atoms with Crippen molar-refractivity contribution in [2.24, 2.45) is 0 Å². The molecule has 1 atom stereocenters. The lowest BCUT2D eigenvalue weighted by Gasteiger charge is -2.18. The van der Waals surface area contributed by atoms with Crippen LogP contribution in [-0.2, 0) is 28.6 Å². The summed E-state index contributed by atoms with van der Waals surface area (Å²) in [6, 6.07) is 0. The van der Waals surface area contributed by atoms with Gasteiger partial charge >= 0.3 is 17.9 Å². The van der Waals surface area contributed by atoms with Gasteiger partial charge in [-0.25, -0.2) is 0 Å². The third kappa shape index (κ3) is 31.8. The Balaban J connectivity index is 4.06. The van der Waals surface area contributed by atoms with Crippen LogP contribution >= 0.6 is 0 Å². The molecule has 44 heavy (non-hydrogen) atoms. The highest BCUT2D eigenvalue weighted by Gasteiger charge is 2.19. The minimum Gasteiger partial charge on any atom is -0.462 e. The lowest BCUT2D eigenvalue weighted by molar-refractivity contribution is -0.167. The van der Waals surface area contributed by atoms with Crippen molar-refractivity contribution in [1.82, 2.24) is 0 Å². The van der Waals surface area contributed by atoms with Gasteiger partial charge in [-0.15, -0.1) is 0 Å². The number of hydrogen-bond acceptors (Lipinski definition) is 6. The summed E-state index contributed by atoms with van der Waals surface area (Å²) in [5.41, 5.74) is 0. The summed E-state index contributed by atoms with van der Waals surface area (Å²) in [6.07, 6.45) is 31.5. The van der Waals surface area contributed by atoms with Crippen LogP contribution in [0.3, 0.4) is 0 Å². The molecule has 0 aromatic carbocycles. The summed E-state index contributed by atoms with van der Waals surface area (Å²) in [4.78, 5) is 36.9. The fourth-order valence-corrected chi connectivity index (χ4v) is 5.44. The molecule has 0 rings (SSSR count). The van der Waals surface area contributed by atoms with E-state index in [0.717, 1.165) is 70.6 Å². The Labute approximate surface area is 272 Å². The quantitative estimate of drug-likeness (QED) is 0.0402. The average molecular weight is 625 g/mol. The van der Waals surface area contributed by atoms with E-state index in [2.05, 4.69) is 20.8 Å². The number of rotatable bonds is 34. The van der Waals surface area contributed by atoms with Crippen LogP contribution in [0.25, 0.3) is 0 Å². The Kier molecular flexibility index (Phi) is 33.0. The number of hydrogen-bond donors (Lipinski definition) is 0. The zero-order valence-electron chi connectivity index (χ0n) is 29.4. The van der Waals surface area contributed by atoms with Gasteiger partial charge in [0, 0.05) is 19.3 Å². The van der Waals surface area contributed by atoms with E-state index in [1.54, 1.807) is 0 Å². The standard InChI is InChI=1S/C38H72O6/c1-4-7-10-13-14-15-16-17-18-19-20-21-22-23-26-28-31-37(40)43-34-35(44-38(41)32-29-25-12-9-6-3)33-42-36(39)30-27-24-11-8-5-2/h35H,4-34H2,1-3H3/t35-/m1/s1. The molecule has 0 unspecified atom stereocenters. The Morgan fingerprint density at radius 3 is 0.909 bits per heavy atom. The molecule has 0 aliphatic rings. The molecule has 0 fully saturated rings. The zero-order chi connectivity index (χ0) is 32.4. The fourth-order valence-electron chi connectivity index (χ4n) is 5.44. The molecule has 260 valence electrons. The number of ether oxygens (including phenoxy) is 3. The van der Waals surface area contributed by atoms with Gasteiger partial charge in [0.15, 0.2) is 6.10 Å². The second-order valence-corrected chi connectivity index (χ2v) is 12.9. The van der Waals surface area contributed by atoms with E-state index in [4.69, 9.17) is 14.2 Å². The summed E-state index contributed by atoms with van der Waals surface area (Å²) in [7, 11) is 0. The predicted molar refractivity (Wildman–Crippen MR) is 183 cm³/mol. The van der Waals surface area contributed by atoms with Gasteiger partial charge < -0.3 is 14.2 Å². The lowest BCUT2D eigenvalue weighted by Crippen LogP contribution is -2.30. The molecule has 0 aliphatic carbocycles. The van der Waals surface area contributed by atoms with Crippen molar-refractivity contribution in [3.8, 4) is 0 Å². The van der Waals surface area contributed by atoms with Crippen LogP contribution in [0.5, 0.6) is 0 Å². The van der Waals surface area contributed by atoms with Gasteiger partial charge in [-0.3, -0.25) is 14.4 Å². The maximum atomic E-state index is 12.4. The highest BCUT2D eigenvalue weighted by molar-refractivity contribution is 5.71. The Bertz CT molecular complexity index is 649. The average Bonchev–Trinajstić information content (AvgIpc) is 3.01. The molecule has 0 N–H and O–H groups in total. The van der Waals surface area contributed by atoms with E-state index in [9.17, 15) is 14.4 Å². The zero-order valence-corrected chi connectivity index (χ0v) is 29.4. The van der Waals surface area contributed by atoms with Crippen LogP contribution in [0.1, 0.15) is 207 Å². The molecule has 0 bridgehead atoms. The first-order valence-electron chi connectivity index (χ1n) is 19.0. The molecular formula is C38H72O6. The van der Waals surface area contributed by atoms with Crippen molar-refractivity contribution in [2.75, 3.05) is 13.2 Å². The van der Waals surface area contributed by atoms with Crippen LogP contribution in [0.2, 0.25) is 0 Å². The van der Waals surface area contributed by atoms with E-state index >= 15 is 0 Å². The molecule has 0 spiro atoms. The molecule has 0 amide bonds. The van der Waals surface area contributed by atoms with Gasteiger partial charge in [-0.05, 0) is 19.3 Å². The molecule has 0 radical (unpaired) electrons. The van der Waals surface area contributed by atoms with E-state index in [1.165, 1.54) is 96.3 Å². The topological polar surface area (TPSA) is 78.9 Å². The second kappa shape index (κ2) is 34.3. The van der Waals surface area contributed by atoms with Crippen LogP contribution in [0.15, 0.2) is 0 Å². The van der Waals surface area contributed by atoms with Gasteiger partial charge in [0.1, 0.15) is 13.2 Å². The number of carbonyl (C=O) groups excluding carboxylic acids is 3. The van der Waals surface area contributed by atoms with Crippen LogP contribution in [0.4, 0.5) is 0 Å². The van der Waals surface area contributed by atoms with Gasteiger partial charge in [0.25, 0.3) is 0 Å². The van der Waals surface area contributed by atoms with Crippen LogP contribution in [0, 0.1) is 0 Å². The summed E-state index contributed by atoms with van der Waals surface area (Å²) < 4.78 is 16.4. The van der Waals surface area contributed by atoms with Crippen molar-refractivity contribution in [2.45, 2.75) is 213 Å². The van der Waals surface area contributed by atoms with Gasteiger partial charge in [-0.2, -0.15) is 0 Å². The molecule has 0 saturated carbocycles. The Morgan fingerprint density at radius 1 is 0.364 bits per heavy atom. The minimum atomic E-state index is -0.753. The van der Waals surface area contributed by atoms with Crippen molar-refractivity contribution in [3.05, 3.63) is 0 Å². The van der Waals surface area contributed by atoms with Crippen molar-refractivity contribution < 1.29 is 28.6 Å². The van der Waals surface area contributed by atoms with Gasteiger partial charge in [0.05, 0.1) is 0 Å². The SMILES string of the molecule is CCCCCCCCCCCCCCCCCCC(=O)OC[C@@H](COC(=O)CCCCCCC)OC(=O)CCCCCCC. The molecule has 0 aromatic rings. The van der Waals surface area contributed by atoms with Gasteiger partial charge in [-0.1, -0.05) is 168 Å². The summed E-state index contributed by atoms with van der Waals surface area (Å²) in [5.74, 6) is -0.893.